The number of carbonyl (C=O) groups is 2. The minimum absolute atomic E-state index is 0.0203. The number of anilines is 1. The number of benzene rings is 2. The minimum Gasteiger partial charge on any atom is -0.352 e. The van der Waals surface area contributed by atoms with Crippen molar-refractivity contribution in [1.82, 2.24) is 10.2 Å². The highest BCUT2D eigenvalue weighted by molar-refractivity contribution is 7.92. The van der Waals surface area contributed by atoms with Crippen LogP contribution < -0.4 is 9.62 Å². The molecule has 0 aliphatic heterocycles. The van der Waals surface area contributed by atoms with Gasteiger partial charge in [0, 0.05) is 12.6 Å². The molecule has 0 spiro atoms. The molecular weight excluding hydrogens is 533 g/mol. The van der Waals surface area contributed by atoms with E-state index >= 15 is 0 Å². The highest BCUT2D eigenvalue weighted by atomic mass is 35.5. The van der Waals surface area contributed by atoms with Gasteiger partial charge in [-0.05, 0) is 44.9 Å². The smallest absolute Gasteiger partial charge is 0.244 e. The number of nitrogens with one attached hydrogen (secondary N) is 1. The van der Waals surface area contributed by atoms with Crippen LogP contribution in [0, 0.1) is 6.92 Å². The van der Waals surface area contributed by atoms with E-state index in [0.29, 0.717) is 6.42 Å². The molecule has 0 aromatic heterocycles. The van der Waals surface area contributed by atoms with Gasteiger partial charge in [0.05, 0.1) is 27.0 Å². The molecule has 11 heteroatoms. The van der Waals surface area contributed by atoms with Crippen molar-refractivity contribution in [3.8, 4) is 0 Å². The fourth-order valence-electron chi connectivity index (χ4n) is 3.49. The molecule has 2 amide bonds. The van der Waals surface area contributed by atoms with Crippen molar-refractivity contribution in [2.75, 3.05) is 17.1 Å². The van der Waals surface area contributed by atoms with Crippen molar-refractivity contribution in [1.29, 1.82) is 0 Å². The summed E-state index contributed by atoms with van der Waals surface area (Å²) in [5.41, 5.74) is 1.87. The van der Waals surface area contributed by atoms with Crippen LogP contribution in [-0.2, 0) is 26.2 Å². The van der Waals surface area contributed by atoms with Gasteiger partial charge in [-0.1, -0.05) is 71.6 Å². The van der Waals surface area contributed by atoms with Crippen LogP contribution >= 0.6 is 34.8 Å². The SMILES string of the molecule is CC[C@H](C(=O)NC(C)C)N(Cc1ccc(C)cc1)C(=O)CN(c1cc(Cl)c(Cl)cc1Cl)S(C)(=O)=O. The summed E-state index contributed by atoms with van der Waals surface area (Å²) in [6.07, 6.45) is 1.30. The maximum Gasteiger partial charge on any atom is 0.244 e. The van der Waals surface area contributed by atoms with E-state index in [-0.39, 0.29) is 39.2 Å². The number of hydrogen-bond donors (Lipinski definition) is 1. The standard InChI is InChI=1S/C24H30Cl3N3O4S/c1-6-21(24(32)28-15(2)3)29(13-17-9-7-16(4)8-10-17)23(31)14-30(35(5,33)34)22-12-19(26)18(25)11-20(22)27/h7-12,15,21H,6,13-14H2,1-5H3,(H,28,32)/t21-/m1/s1. The monoisotopic (exact) mass is 561 g/mol. The van der Waals surface area contributed by atoms with Gasteiger partial charge >= 0.3 is 0 Å². The largest absolute Gasteiger partial charge is 0.352 e. The molecule has 2 rings (SSSR count). The van der Waals surface area contributed by atoms with Crippen LogP contribution in [-0.4, -0.2) is 50.0 Å². The third-order valence-corrected chi connectivity index (χ3v) is 7.38. The van der Waals surface area contributed by atoms with Gasteiger partial charge in [-0.2, -0.15) is 0 Å². The van der Waals surface area contributed by atoms with E-state index in [2.05, 4.69) is 5.32 Å². The number of carbonyl (C=O) groups excluding carboxylic acids is 2. The Labute approximate surface area is 222 Å². The first-order chi connectivity index (χ1) is 16.2. The lowest BCUT2D eigenvalue weighted by molar-refractivity contribution is -0.140. The van der Waals surface area contributed by atoms with E-state index < -0.39 is 28.5 Å². The first kappa shape index (κ1) is 29.2. The van der Waals surface area contributed by atoms with Crippen LogP contribution in [0.1, 0.15) is 38.3 Å². The van der Waals surface area contributed by atoms with Gasteiger partial charge in [-0.15, -0.1) is 0 Å². The van der Waals surface area contributed by atoms with Crippen LogP contribution in [0.2, 0.25) is 15.1 Å². The Morgan fingerprint density at radius 1 is 1.00 bits per heavy atom. The highest BCUT2D eigenvalue weighted by Gasteiger charge is 2.32. The van der Waals surface area contributed by atoms with E-state index in [1.807, 2.05) is 45.0 Å². The molecule has 2 aromatic rings. The zero-order chi connectivity index (χ0) is 26.5. The molecule has 35 heavy (non-hydrogen) atoms. The molecular formula is C24H30Cl3N3O4S. The predicted molar refractivity (Wildman–Crippen MR) is 143 cm³/mol. The van der Waals surface area contributed by atoms with E-state index in [0.717, 1.165) is 21.7 Å². The number of nitrogens with zero attached hydrogens (tertiary/aromatic N) is 2. The first-order valence-electron chi connectivity index (χ1n) is 11.0. The summed E-state index contributed by atoms with van der Waals surface area (Å²) in [7, 11) is -3.95. The van der Waals surface area contributed by atoms with Crippen LogP contribution in [0.25, 0.3) is 0 Å². The zero-order valence-electron chi connectivity index (χ0n) is 20.3. The Morgan fingerprint density at radius 2 is 1.57 bits per heavy atom. The van der Waals surface area contributed by atoms with Crippen molar-refractivity contribution in [2.45, 2.75) is 52.7 Å². The molecule has 7 nitrogen and oxygen atoms in total. The molecule has 0 heterocycles. The topological polar surface area (TPSA) is 86.8 Å². The number of amides is 2. The fraction of sp³-hybridized carbons (Fsp3) is 0.417. The van der Waals surface area contributed by atoms with Gasteiger partial charge in [-0.25, -0.2) is 8.42 Å². The van der Waals surface area contributed by atoms with Crippen LogP contribution in [0.5, 0.6) is 0 Å². The van der Waals surface area contributed by atoms with Crippen molar-refractivity contribution in [3.63, 3.8) is 0 Å². The third kappa shape index (κ3) is 8.00. The van der Waals surface area contributed by atoms with Gasteiger partial charge in [0.15, 0.2) is 0 Å². The van der Waals surface area contributed by atoms with Crippen LogP contribution in [0.3, 0.4) is 0 Å². The Kier molecular flexibility index (Phi) is 10.3. The van der Waals surface area contributed by atoms with E-state index in [1.54, 1.807) is 6.92 Å². The number of sulfonamides is 1. The number of aryl methyl sites for hydroxylation is 1. The lowest BCUT2D eigenvalue weighted by Gasteiger charge is -2.33. The molecule has 0 saturated heterocycles. The zero-order valence-corrected chi connectivity index (χ0v) is 23.4. The maximum absolute atomic E-state index is 13.6. The average Bonchev–Trinajstić information content (AvgIpc) is 2.74. The Hall–Kier alpha value is -2.00. The predicted octanol–water partition coefficient (Wildman–Crippen LogP) is 5.05. The summed E-state index contributed by atoms with van der Waals surface area (Å²) in [4.78, 5) is 28.0. The lowest BCUT2D eigenvalue weighted by Crippen LogP contribution is -2.53. The molecule has 0 radical (unpaired) electrons. The summed E-state index contributed by atoms with van der Waals surface area (Å²) >= 11 is 18.4. The van der Waals surface area contributed by atoms with Gasteiger partial charge in [0.25, 0.3) is 0 Å². The van der Waals surface area contributed by atoms with Crippen molar-refractivity contribution >= 4 is 62.3 Å². The molecule has 1 N–H and O–H groups in total. The van der Waals surface area contributed by atoms with Gasteiger partial charge in [-0.3, -0.25) is 13.9 Å². The maximum atomic E-state index is 13.6. The number of hydrogen-bond acceptors (Lipinski definition) is 4. The molecule has 0 unspecified atom stereocenters. The summed E-state index contributed by atoms with van der Waals surface area (Å²) in [5, 5.41) is 3.10. The third-order valence-electron chi connectivity index (χ3n) is 5.23. The molecule has 0 fully saturated rings. The van der Waals surface area contributed by atoms with Gasteiger partial charge < -0.3 is 10.2 Å². The molecule has 0 saturated carbocycles. The second kappa shape index (κ2) is 12.3. The van der Waals surface area contributed by atoms with Gasteiger partial charge in [0.1, 0.15) is 12.6 Å². The van der Waals surface area contributed by atoms with Gasteiger partial charge in [0.2, 0.25) is 21.8 Å². The molecule has 192 valence electrons. The van der Waals surface area contributed by atoms with Crippen LogP contribution in [0.15, 0.2) is 36.4 Å². The first-order valence-corrected chi connectivity index (χ1v) is 14.0. The second-order valence-corrected chi connectivity index (χ2v) is 11.7. The average molecular weight is 563 g/mol. The quantitative estimate of drug-likeness (QED) is 0.411. The van der Waals surface area contributed by atoms with E-state index in [9.17, 15) is 18.0 Å². The normalized spacial score (nSPS) is 12.4. The van der Waals surface area contributed by atoms with Crippen molar-refractivity contribution in [2.24, 2.45) is 0 Å². The summed E-state index contributed by atoms with van der Waals surface area (Å²) in [5.74, 6) is -0.884. The number of rotatable bonds is 10. The Bertz CT molecular complexity index is 1170. The fourth-order valence-corrected chi connectivity index (χ4v) is 5.03. The second-order valence-electron chi connectivity index (χ2n) is 8.58. The number of halogens is 3. The Balaban J connectivity index is 2.50. The van der Waals surface area contributed by atoms with Crippen molar-refractivity contribution < 1.29 is 18.0 Å². The minimum atomic E-state index is -3.95. The summed E-state index contributed by atoms with van der Waals surface area (Å²) < 4.78 is 26.3. The molecule has 2 aromatic carbocycles. The Morgan fingerprint density at radius 3 is 2.09 bits per heavy atom. The molecule has 1 atom stereocenters. The summed E-state index contributed by atoms with van der Waals surface area (Å²) in [6.45, 7) is 6.94. The highest BCUT2D eigenvalue weighted by Crippen LogP contribution is 2.35. The molecule has 0 aliphatic rings. The van der Waals surface area contributed by atoms with Crippen molar-refractivity contribution in [3.05, 3.63) is 62.6 Å². The summed E-state index contributed by atoms with van der Waals surface area (Å²) in [6, 6.07) is 9.23. The van der Waals surface area contributed by atoms with E-state index in [4.69, 9.17) is 34.8 Å². The molecule has 0 aliphatic carbocycles. The lowest BCUT2D eigenvalue weighted by atomic mass is 10.1. The van der Waals surface area contributed by atoms with Crippen LogP contribution in [0.4, 0.5) is 5.69 Å². The van der Waals surface area contributed by atoms with E-state index in [1.165, 1.54) is 17.0 Å². The molecule has 0 bridgehead atoms.